The van der Waals surface area contributed by atoms with Crippen LogP contribution in [0.4, 0.5) is 4.39 Å². The topological polar surface area (TPSA) is 78.1 Å². The molecule has 1 aromatic heterocycles. The van der Waals surface area contributed by atoms with Gasteiger partial charge in [-0.05, 0) is 49.2 Å². The number of carbonyl (C=O) groups excluding carboxylic acids is 1. The van der Waals surface area contributed by atoms with Crippen LogP contribution in [0.15, 0.2) is 64.5 Å². The molecule has 0 saturated heterocycles. The molecule has 0 aliphatic carbocycles. The third-order valence-electron chi connectivity index (χ3n) is 4.10. The van der Waals surface area contributed by atoms with E-state index in [0.29, 0.717) is 8.54 Å². The lowest BCUT2D eigenvalue weighted by Gasteiger charge is -2.07. The highest BCUT2D eigenvalue weighted by Crippen LogP contribution is 2.17. The van der Waals surface area contributed by atoms with Crippen LogP contribution in [-0.4, -0.2) is 22.9 Å². The second-order valence-electron chi connectivity index (χ2n) is 5.78. The number of halogens is 1. The first-order chi connectivity index (χ1) is 12.2. The fourth-order valence-corrected chi connectivity index (χ4v) is 3.75. The minimum atomic E-state index is -4.18. The zero-order valence-electron chi connectivity index (χ0n) is 14.0. The Bertz CT molecular complexity index is 1180. The molecule has 0 unspecified atom stereocenters. The van der Waals surface area contributed by atoms with Gasteiger partial charge in [0.15, 0.2) is 0 Å². The number of imidazole rings is 1. The van der Waals surface area contributed by atoms with Crippen molar-refractivity contribution in [2.45, 2.75) is 18.7 Å². The fourth-order valence-electron chi connectivity index (χ4n) is 2.45. The number of hydrogen-bond donors (Lipinski definition) is 0. The van der Waals surface area contributed by atoms with E-state index in [4.69, 9.17) is 0 Å². The van der Waals surface area contributed by atoms with Crippen LogP contribution in [0.25, 0.3) is 0 Å². The van der Waals surface area contributed by atoms with Crippen molar-refractivity contribution in [1.29, 1.82) is 0 Å². The van der Waals surface area contributed by atoms with Gasteiger partial charge in [0, 0.05) is 12.4 Å². The number of rotatable bonds is 3. The molecular formula is C18H15FN2O4S. The van der Waals surface area contributed by atoms with Gasteiger partial charge < -0.3 is 0 Å². The molecule has 1 heterocycles. The molecule has 6 nitrogen and oxygen atoms in total. The summed E-state index contributed by atoms with van der Waals surface area (Å²) in [6.45, 7) is 3.59. The van der Waals surface area contributed by atoms with Crippen molar-refractivity contribution < 1.29 is 17.6 Å². The Hall–Kier alpha value is -3.00. The van der Waals surface area contributed by atoms with Crippen LogP contribution in [0, 0.1) is 19.7 Å². The first-order valence-electron chi connectivity index (χ1n) is 7.65. The average molecular weight is 374 g/mol. The van der Waals surface area contributed by atoms with Gasteiger partial charge >= 0.3 is 5.69 Å². The maximum absolute atomic E-state index is 13.8. The van der Waals surface area contributed by atoms with Crippen molar-refractivity contribution in [3.05, 3.63) is 87.9 Å². The van der Waals surface area contributed by atoms with E-state index in [-0.39, 0.29) is 10.5 Å². The number of nitrogens with zero attached hydrogens (tertiary/aromatic N) is 2. The fraction of sp³-hybridized carbons (Fsp3) is 0.111. The lowest BCUT2D eigenvalue weighted by molar-refractivity contribution is 0.0952. The summed E-state index contributed by atoms with van der Waals surface area (Å²) in [6, 6.07) is 9.64. The molecule has 0 saturated carbocycles. The molecule has 2 aromatic carbocycles. The first kappa shape index (κ1) is 17.8. The minimum Gasteiger partial charge on any atom is -0.268 e. The molecule has 8 heteroatoms. The van der Waals surface area contributed by atoms with Crippen molar-refractivity contribution >= 4 is 15.9 Å². The molecule has 0 radical (unpaired) electrons. The van der Waals surface area contributed by atoms with E-state index >= 15 is 0 Å². The Labute approximate surface area is 149 Å². The highest BCUT2D eigenvalue weighted by Gasteiger charge is 2.24. The molecule has 3 aromatic rings. The monoisotopic (exact) mass is 374 g/mol. The van der Waals surface area contributed by atoms with Crippen molar-refractivity contribution in [2.75, 3.05) is 0 Å². The summed E-state index contributed by atoms with van der Waals surface area (Å²) in [4.78, 5) is 24.8. The van der Waals surface area contributed by atoms with Crippen LogP contribution in [0.3, 0.4) is 0 Å². The van der Waals surface area contributed by atoms with E-state index in [1.165, 1.54) is 30.3 Å². The number of carbonyl (C=O) groups is 1. The third kappa shape index (κ3) is 2.88. The Balaban J connectivity index is 2.09. The number of hydrogen-bond acceptors (Lipinski definition) is 4. The van der Waals surface area contributed by atoms with Crippen molar-refractivity contribution in [1.82, 2.24) is 8.54 Å². The van der Waals surface area contributed by atoms with Gasteiger partial charge in [-0.3, -0.25) is 4.79 Å². The number of benzene rings is 2. The van der Waals surface area contributed by atoms with Gasteiger partial charge in [-0.2, -0.15) is 3.97 Å². The maximum atomic E-state index is 13.8. The van der Waals surface area contributed by atoms with Crippen molar-refractivity contribution in [3.63, 3.8) is 0 Å². The quantitative estimate of drug-likeness (QED) is 0.705. The second kappa shape index (κ2) is 6.38. The Kier molecular flexibility index (Phi) is 4.37. The SMILES string of the molecule is Cc1ccc(S(=O)(=O)n2ccn(C(=O)c3ccccc3F)c2=O)cc1C. The Morgan fingerprint density at radius 1 is 1.00 bits per heavy atom. The predicted octanol–water partition coefficient (Wildman–Crippen LogP) is 2.33. The van der Waals surface area contributed by atoms with Crippen molar-refractivity contribution in [3.8, 4) is 0 Å². The van der Waals surface area contributed by atoms with Gasteiger partial charge in [0.2, 0.25) is 0 Å². The smallest absolute Gasteiger partial charge is 0.268 e. The standard InChI is InChI=1S/C18H15FN2O4S/c1-12-7-8-14(11-13(12)2)26(24,25)21-10-9-20(18(21)23)17(22)15-5-3-4-6-16(15)19/h3-11H,1-2H3. The second-order valence-corrected chi connectivity index (χ2v) is 7.60. The zero-order valence-corrected chi connectivity index (χ0v) is 14.8. The summed E-state index contributed by atoms with van der Waals surface area (Å²) in [5, 5.41) is 0. The van der Waals surface area contributed by atoms with E-state index in [1.807, 2.05) is 6.92 Å². The third-order valence-corrected chi connectivity index (χ3v) is 5.75. The average Bonchev–Trinajstić information content (AvgIpc) is 2.99. The molecule has 0 fully saturated rings. The minimum absolute atomic E-state index is 0.0706. The number of aromatic nitrogens is 2. The number of aryl methyl sites for hydroxylation is 2. The summed E-state index contributed by atoms with van der Waals surface area (Å²) in [5.41, 5.74) is 0.247. The molecule has 0 aliphatic rings. The molecule has 0 spiro atoms. The Morgan fingerprint density at radius 3 is 2.35 bits per heavy atom. The molecule has 134 valence electrons. The summed E-state index contributed by atoms with van der Waals surface area (Å²) >= 11 is 0. The molecule has 3 rings (SSSR count). The van der Waals surface area contributed by atoms with E-state index in [9.17, 15) is 22.4 Å². The van der Waals surface area contributed by atoms with Gasteiger partial charge in [0.25, 0.3) is 15.9 Å². The van der Waals surface area contributed by atoms with Crippen LogP contribution in [-0.2, 0) is 10.0 Å². The van der Waals surface area contributed by atoms with E-state index in [2.05, 4.69) is 0 Å². The molecule has 0 N–H and O–H groups in total. The van der Waals surface area contributed by atoms with Gasteiger partial charge in [-0.15, -0.1) is 0 Å². The van der Waals surface area contributed by atoms with Crippen LogP contribution < -0.4 is 5.69 Å². The van der Waals surface area contributed by atoms with E-state index in [1.54, 1.807) is 13.0 Å². The van der Waals surface area contributed by atoms with E-state index < -0.39 is 27.4 Å². The molecule has 0 atom stereocenters. The lowest BCUT2D eigenvalue weighted by atomic mass is 10.1. The molecule has 0 aliphatic heterocycles. The maximum Gasteiger partial charge on any atom is 0.349 e. The highest BCUT2D eigenvalue weighted by atomic mass is 32.2. The van der Waals surface area contributed by atoms with Gasteiger partial charge in [0.1, 0.15) is 5.82 Å². The predicted molar refractivity (Wildman–Crippen MR) is 93.3 cm³/mol. The van der Waals surface area contributed by atoms with Gasteiger partial charge in [-0.25, -0.2) is 22.2 Å². The molecule has 26 heavy (non-hydrogen) atoms. The highest BCUT2D eigenvalue weighted by molar-refractivity contribution is 7.90. The largest absolute Gasteiger partial charge is 0.349 e. The molecular weight excluding hydrogens is 359 g/mol. The van der Waals surface area contributed by atoms with Crippen LogP contribution in [0.1, 0.15) is 21.5 Å². The normalized spacial score (nSPS) is 11.5. The van der Waals surface area contributed by atoms with E-state index in [0.717, 1.165) is 29.6 Å². The van der Waals surface area contributed by atoms with Gasteiger partial charge in [-0.1, -0.05) is 18.2 Å². The zero-order chi connectivity index (χ0) is 19.1. The Morgan fingerprint density at radius 2 is 1.69 bits per heavy atom. The summed E-state index contributed by atoms with van der Waals surface area (Å²) in [7, 11) is -4.18. The van der Waals surface area contributed by atoms with Gasteiger partial charge in [0.05, 0.1) is 10.5 Å². The summed E-state index contributed by atoms with van der Waals surface area (Å²) in [6.07, 6.45) is 1.99. The lowest BCUT2D eigenvalue weighted by Crippen LogP contribution is -2.33. The molecule has 0 amide bonds. The summed E-state index contributed by atoms with van der Waals surface area (Å²) < 4.78 is 40.3. The van der Waals surface area contributed by atoms with Crippen molar-refractivity contribution in [2.24, 2.45) is 0 Å². The summed E-state index contributed by atoms with van der Waals surface area (Å²) in [5.74, 6) is -1.74. The van der Waals surface area contributed by atoms with Crippen LogP contribution in [0.2, 0.25) is 0 Å². The van der Waals surface area contributed by atoms with Crippen LogP contribution >= 0.6 is 0 Å². The first-order valence-corrected chi connectivity index (χ1v) is 9.09. The van der Waals surface area contributed by atoms with Crippen LogP contribution in [0.5, 0.6) is 0 Å². The molecule has 0 bridgehead atoms.